The summed E-state index contributed by atoms with van der Waals surface area (Å²) in [6.45, 7) is 5.80. The molecule has 142 valence electrons. The third-order valence-electron chi connectivity index (χ3n) is 4.34. The highest BCUT2D eigenvalue weighted by Gasteiger charge is 2.29. The highest BCUT2D eigenvalue weighted by Crippen LogP contribution is 2.34. The number of aromatic nitrogens is 1. The maximum atomic E-state index is 13.2. The molecule has 0 unspecified atom stereocenters. The summed E-state index contributed by atoms with van der Waals surface area (Å²) in [4.78, 5) is 4.25. The molecule has 1 atom stereocenters. The second-order valence-corrected chi connectivity index (χ2v) is 8.24. The molecule has 0 saturated carbocycles. The molecule has 0 amide bonds. The Morgan fingerprint density at radius 2 is 1.81 bits per heavy atom. The van der Waals surface area contributed by atoms with E-state index < -0.39 is 15.7 Å². The SMILES string of the molecule is CC[C@@H](C)Nc1oc(-c2ccccc2C)nc1S(=O)(=O)c1ccc(F)cc1. The van der Waals surface area contributed by atoms with E-state index >= 15 is 0 Å². The predicted octanol–water partition coefficient (Wildman–Crippen LogP) is 4.83. The van der Waals surface area contributed by atoms with Crippen LogP contribution in [0.4, 0.5) is 10.3 Å². The summed E-state index contributed by atoms with van der Waals surface area (Å²) in [5.74, 6) is -0.195. The third kappa shape index (κ3) is 3.88. The van der Waals surface area contributed by atoms with Crippen LogP contribution in [-0.4, -0.2) is 19.4 Å². The third-order valence-corrected chi connectivity index (χ3v) is 6.02. The van der Waals surface area contributed by atoms with Crippen LogP contribution in [0.1, 0.15) is 25.8 Å². The van der Waals surface area contributed by atoms with Gasteiger partial charge in [0.05, 0.1) is 4.90 Å². The van der Waals surface area contributed by atoms with Crippen molar-refractivity contribution in [2.75, 3.05) is 5.32 Å². The van der Waals surface area contributed by atoms with Gasteiger partial charge in [0.15, 0.2) is 0 Å². The minimum absolute atomic E-state index is 0.00941. The van der Waals surface area contributed by atoms with Crippen LogP contribution in [0, 0.1) is 12.7 Å². The van der Waals surface area contributed by atoms with Crippen LogP contribution in [0.15, 0.2) is 62.9 Å². The van der Waals surface area contributed by atoms with E-state index in [0.717, 1.165) is 24.1 Å². The number of benzene rings is 2. The van der Waals surface area contributed by atoms with Gasteiger partial charge >= 0.3 is 0 Å². The molecule has 0 aliphatic rings. The molecule has 1 N–H and O–H groups in total. The van der Waals surface area contributed by atoms with Gasteiger partial charge in [0, 0.05) is 11.6 Å². The fraction of sp³-hybridized carbons (Fsp3) is 0.250. The smallest absolute Gasteiger partial charge is 0.234 e. The summed E-state index contributed by atoms with van der Waals surface area (Å²) in [7, 11) is -3.97. The first-order chi connectivity index (χ1) is 12.8. The number of anilines is 1. The molecule has 0 saturated heterocycles. The van der Waals surface area contributed by atoms with Gasteiger partial charge in [-0.3, -0.25) is 0 Å². The average Bonchev–Trinajstić information content (AvgIpc) is 3.06. The molecular weight excluding hydrogens is 367 g/mol. The van der Waals surface area contributed by atoms with Crippen molar-refractivity contribution in [3.8, 4) is 11.5 Å². The molecule has 0 radical (unpaired) electrons. The number of hydrogen-bond acceptors (Lipinski definition) is 5. The first-order valence-corrected chi connectivity index (χ1v) is 10.1. The zero-order chi connectivity index (χ0) is 19.6. The van der Waals surface area contributed by atoms with E-state index in [-0.39, 0.29) is 27.7 Å². The van der Waals surface area contributed by atoms with Gasteiger partial charge in [0.1, 0.15) is 5.82 Å². The van der Waals surface area contributed by atoms with Gasteiger partial charge in [-0.25, -0.2) is 12.8 Å². The molecule has 1 heterocycles. The van der Waals surface area contributed by atoms with Crippen LogP contribution in [0.3, 0.4) is 0 Å². The second kappa shape index (κ2) is 7.52. The van der Waals surface area contributed by atoms with E-state index in [1.54, 1.807) is 0 Å². The van der Waals surface area contributed by atoms with Gasteiger partial charge in [0.2, 0.25) is 26.6 Å². The second-order valence-electron chi connectivity index (χ2n) is 6.38. The van der Waals surface area contributed by atoms with E-state index in [4.69, 9.17) is 4.42 Å². The summed E-state index contributed by atoms with van der Waals surface area (Å²) < 4.78 is 45.2. The molecule has 0 spiro atoms. The maximum Gasteiger partial charge on any atom is 0.234 e. The Morgan fingerprint density at radius 1 is 1.15 bits per heavy atom. The Kier molecular flexibility index (Phi) is 5.32. The monoisotopic (exact) mass is 388 g/mol. The molecular formula is C20H21FN2O3S. The first-order valence-electron chi connectivity index (χ1n) is 8.67. The Morgan fingerprint density at radius 3 is 2.44 bits per heavy atom. The molecule has 3 aromatic rings. The molecule has 0 fully saturated rings. The van der Waals surface area contributed by atoms with Crippen molar-refractivity contribution < 1.29 is 17.2 Å². The topological polar surface area (TPSA) is 72.2 Å². The maximum absolute atomic E-state index is 13.2. The molecule has 2 aromatic carbocycles. The van der Waals surface area contributed by atoms with Gasteiger partial charge in [-0.05, 0) is 56.2 Å². The summed E-state index contributed by atoms with van der Waals surface area (Å²) in [5, 5.41) is 2.87. The Labute approximate surface area is 158 Å². The zero-order valence-corrected chi connectivity index (χ0v) is 16.2. The fourth-order valence-corrected chi connectivity index (χ4v) is 3.82. The molecule has 0 aliphatic carbocycles. The Balaban J connectivity index is 2.15. The van der Waals surface area contributed by atoms with Crippen molar-refractivity contribution in [2.24, 2.45) is 0 Å². The van der Waals surface area contributed by atoms with Gasteiger partial charge in [-0.1, -0.05) is 25.1 Å². The van der Waals surface area contributed by atoms with Crippen molar-refractivity contribution in [2.45, 2.75) is 43.2 Å². The van der Waals surface area contributed by atoms with Crippen molar-refractivity contribution in [1.82, 2.24) is 4.98 Å². The molecule has 5 nitrogen and oxygen atoms in total. The van der Waals surface area contributed by atoms with Gasteiger partial charge in [0.25, 0.3) is 0 Å². The van der Waals surface area contributed by atoms with E-state index in [1.807, 2.05) is 45.0 Å². The standard InChI is InChI=1S/C20H21FN2O3S/c1-4-14(3)22-19-20(27(24,25)16-11-9-15(21)10-12-16)23-18(26-19)17-8-6-5-7-13(17)2/h5-12,14,22H,4H2,1-3H3/t14-/m1/s1. The number of nitrogens with one attached hydrogen (secondary N) is 1. The summed E-state index contributed by atoms with van der Waals surface area (Å²) in [6, 6.07) is 12.1. The number of hydrogen-bond donors (Lipinski definition) is 1. The number of rotatable bonds is 6. The van der Waals surface area contributed by atoms with Crippen LogP contribution in [0.25, 0.3) is 11.5 Å². The van der Waals surface area contributed by atoms with Crippen molar-refractivity contribution in [3.63, 3.8) is 0 Å². The molecule has 3 rings (SSSR count). The van der Waals surface area contributed by atoms with Crippen LogP contribution in [0.5, 0.6) is 0 Å². The van der Waals surface area contributed by atoms with Crippen LogP contribution in [0.2, 0.25) is 0 Å². The lowest BCUT2D eigenvalue weighted by Gasteiger charge is -2.11. The molecule has 1 aromatic heterocycles. The van der Waals surface area contributed by atoms with Crippen LogP contribution >= 0.6 is 0 Å². The highest BCUT2D eigenvalue weighted by atomic mass is 32.2. The minimum atomic E-state index is -3.97. The quantitative estimate of drug-likeness (QED) is 0.612. The zero-order valence-electron chi connectivity index (χ0n) is 15.4. The molecule has 27 heavy (non-hydrogen) atoms. The van der Waals surface area contributed by atoms with Gasteiger partial charge in [-0.15, -0.1) is 0 Å². The van der Waals surface area contributed by atoms with Gasteiger partial charge < -0.3 is 9.73 Å². The van der Waals surface area contributed by atoms with Crippen LogP contribution in [-0.2, 0) is 9.84 Å². The Hall–Kier alpha value is -2.67. The predicted molar refractivity (Wildman–Crippen MR) is 102 cm³/mol. The minimum Gasteiger partial charge on any atom is -0.419 e. The summed E-state index contributed by atoms with van der Waals surface area (Å²) in [5.41, 5.74) is 1.63. The molecule has 0 aliphatic heterocycles. The van der Waals surface area contributed by atoms with Crippen LogP contribution < -0.4 is 5.32 Å². The lowest BCUT2D eigenvalue weighted by atomic mass is 10.1. The number of sulfone groups is 1. The molecule has 7 heteroatoms. The van der Waals surface area contributed by atoms with Crippen molar-refractivity contribution in [1.29, 1.82) is 0 Å². The Bertz CT molecular complexity index is 1040. The lowest BCUT2D eigenvalue weighted by Crippen LogP contribution is -2.15. The number of halogens is 1. The fourth-order valence-electron chi connectivity index (χ4n) is 2.56. The average molecular weight is 388 g/mol. The summed E-state index contributed by atoms with van der Waals surface area (Å²) in [6.07, 6.45) is 0.774. The van der Waals surface area contributed by atoms with E-state index in [1.165, 1.54) is 12.1 Å². The van der Waals surface area contributed by atoms with E-state index in [9.17, 15) is 12.8 Å². The van der Waals surface area contributed by atoms with E-state index in [2.05, 4.69) is 10.3 Å². The van der Waals surface area contributed by atoms with E-state index in [0.29, 0.717) is 5.56 Å². The molecule has 0 bridgehead atoms. The highest BCUT2D eigenvalue weighted by molar-refractivity contribution is 7.91. The van der Waals surface area contributed by atoms with Crippen molar-refractivity contribution in [3.05, 3.63) is 59.9 Å². The summed E-state index contributed by atoms with van der Waals surface area (Å²) >= 11 is 0. The largest absolute Gasteiger partial charge is 0.419 e. The number of oxazole rings is 1. The van der Waals surface area contributed by atoms with Gasteiger partial charge in [-0.2, -0.15) is 4.98 Å². The number of aryl methyl sites for hydroxylation is 1. The first kappa shape index (κ1) is 19.1. The number of nitrogens with zero attached hydrogens (tertiary/aromatic N) is 1. The van der Waals surface area contributed by atoms with Crippen molar-refractivity contribution >= 4 is 15.7 Å². The lowest BCUT2D eigenvalue weighted by molar-refractivity contribution is 0.565. The normalized spacial score (nSPS) is 12.7.